The van der Waals surface area contributed by atoms with Crippen LogP contribution in [0.4, 0.5) is 4.79 Å². The predicted molar refractivity (Wildman–Crippen MR) is 126 cm³/mol. The van der Waals surface area contributed by atoms with Crippen LogP contribution in [-0.2, 0) is 17.8 Å². The molecule has 0 radical (unpaired) electrons. The van der Waals surface area contributed by atoms with Gasteiger partial charge in [-0.05, 0) is 36.5 Å². The molecule has 3 amide bonds. The van der Waals surface area contributed by atoms with Gasteiger partial charge in [0.15, 0.2) is 0 Å². The molecule has 33 heavy (non-hydrogen) atoms. The van der Waals surface area contributed by atoms with Gasteiger partial charge in [-0.15, -0.1) is 0 Å². The second-order valence-electron chi connectivity index (χ2n) is 9.72. The largest absolute Gasteiger partial charge is 0.339 e. The number of amides is 3. The normalized spacial score (nSPS) is 24.3. The summed E-state index contributed by atoms with van der Waals surface area (Å²) in [6, 6.07) is 14.3. The van der Waals surface area contributed by atoms with Crippen molar-refractivity contribution in [2.75, 3.05) is 39.8 Å². The number of aromatic nitrogens is 1. The van der Waals surface area contributed by atoms with E-state index >= 15 is 0 Å². The highest BCUT2D eigenvalue weighted by atomic mass is 16.2. The van der Waals surface area contributed by atoms with E-state index in [1.165, 1.54) is 11.1 Å². The Hall–Kier alpha value is -2.93. The van der Waals surface area contributed by atoms with E-state index in [1.807, 2.05) is 47.3 Å². The minimum Gasteiger partial charge on any atom is -0.339 e. The maximum absolute atomic E-state index is 13.1. The molecule has 0 bridgehead atoms. The van der Waals surface area contributed by atoms with Crippen molar-refractivity contribution in [1.29, 1.82) is 0 Å². The Morgan fingerprint density at radius 3 is 2.58 bits per heavy atom. The fraction of sp³-hybridized carbons (Fsp3) is 0.500. The van der Waals surface area contributed by atoms with Gasteiger partial charge < -0.3 is 15.1 Å². The second-order valence-corrected chi connectivity index (χ2v) is 9.72. The van der Waals surface area contributed by atoms with Gasteiger partial charge in [-0.25, -0.2) is 4.79 Å². The van der Waals surface area contributed by atoms with Gasteiger partial charge in [-0.3, -0.25) is 14.7 Å². The van der Waals surface area contributed by atoms with Crippen molar-refractivity contribution in [3.63, 3.8) is 0 Å². The van der Waals surface area contributed by atoms with E-state index in [0.717, 1.165) is 38.9 Å². The predicted octanol–water partition coefficient (Wildman–Crippen LogP) is 2.39. The molecule has 3 aliphatic heterocycles. The second kappa shape index (κ2) is 9.14. The lowest BCUT2D eigenvalue weighted by Gasteiger charge is -2.46. The third kappa shape index (κ3) is 4.22. The molecule has 0 saturated carbocycles. The maximum atomic E-state index is 13.1. The number of carbonyl (C=O) groups is 2. The Morgan fingerprint density at radius 1 is 1.09 bits per heavy atom. The lowest BCUT2D eigenvalue weighted by molar-refractivity contribution is -0.133. The Morgan fingerprint density at radius 2 is 1.85 bits per heavy atom. The third-order valence-corrected chi connectivity index (χ3v) is 7.98. The Labute approximate surface area is 195 Å². The molecule has 2 aromatic rings. The number of hydrogen-bond donors (Lipinski definition) is 1. The van der Waals surface area contributed by atoms with Gasteiger partial charge in [0.1, 0.15) is 0 Å². The van der Waals surface area contributed by atoms with Gasteiger partial charge in [0.25, 0.3) is 0 Å². The molecule has 3 fully saturated rings. The average molecular weight is 448 g/mol. The van der Waals surface area contributed by atoms with Crippen molar-refractivity contribution < 1.29 is 9.59 Å². The first kappa shape index (κ1) is 21.9. The Bertz CT molecular complexity index is 975. The molecule has 7 nitrogen and oxygen atoms in total. The van der Waals surface area contributed by atoms with Crippen molar-refractivity contribution in [3.05, 3.63) is 66.0 Å². The van der Waals surface area contributed by atoms with Crippen LogP contribution in [-0.4, -0.2) is 76.9 Å². The summed E-state index contributed by atoms with van der Waals surface area (Å²) in [6.45, 7) is 4.61. The van der Waals surface area contributed by atoms with Gasteiger partial charge >= 0.3 is 6.03 Å². The van der Waals surface area contributed by atoms with E-state index in [9.17, 15) is 9.59 Å². The van der Waals surface area contributed by atoms with E-state index in [2.05, 4.69) is 33.4 Å². The first-order valence-corrected chi connectivity index (χ1v) is 12.0. The quantitative estimate of drug-likeness (QED) is 0.764. The maximum Gasteiger partial charge on any atom is 0.317 e. The third-order valence-electron chi connectivity index (χ3n) is 7.98. The Kier molecular flexibility index (Phi) is 6.06. The lowest BCUT2D eigenvalue weighted by Crippen LogP contribution is -2.57. The summed E-state index contributed by atoms with van der Waals surface area (Å²) >= 11 is 0. The molecule has 174 valence electrons. The summed E-state index contributed by atoms with van der Waals surface area (Å²) in [5.41, 5.74) is 2.28. The summed E-state index contributed by atoms with van der Waals surface area (Å²) in [7, 11) is 1.97. The van der Waals surface area contributed by atoms with E-state index in [4.69, 9.17) is 0 Å². The number of urea groups is 1. The minimum atomic E-state index is -0.133. The summed E-state index contributed by atoms with van der Waals surface area (Å²) in [6.07, 6.45) is 6.23. The number of likely N-dealkylation sites (tertiary alicyclic amines) is 3. The SMILES string of the molecule is CN1C(=O)[C@@H]2CN(Cc3cccnc3)C[C@@H]2C12CCN(C(=O)NCCc1ccccc1)CC2. The van der Waals surface area contributed by atoms with E-state index in [1.54, 1.807) is 6.20 Å². The number of nitrogens with one attached hydrogen (secondary N) is 1. The number of carbonyl (C=O) groups excluding carboxylic acids is 2. The standard InChI is InChI=1S/C26H33N5O2/c1-29-24(32)22-18-30(17-21-8-5-12-27-16-21)19-23(22)26(29)10-14-31(15-11-26)25(33)28-13-9-20-6-3-2-4-7-20/h2-8,12,16,22-23H,9-11,13-15,17-19H2,1H3,(H,28,33)/t22-,23+/m1/s1. The molecule has 3 saturated heterocycles. The van der Waals surface area contributed by atoms with Gasteiger partial charge in [-0.1, -0.05) is 36.4 Å². The average Bonchev–Trinajstić information content (AvgIpc) is 3.35. The molecular weight excluding hydrogens is 414 g/mol. The van der Waals surface area contributed by atoms with Gasteiger partial charge in [-0.2, -0.15) is 0 Å². The van der Waals surface area contributed by atoms with Crippen molar-refractivity contribution >= 4 is 11.9 Å². The number of pyridine rings is 1. The van der Waals surface area contributed by atoms with Crippen LogP contribution in [0, 0.1) is 11.8 Å². The van der Waals surface area contributed by atoms with Crippen LogP contribution in [0.5, 0.6) is 0 Å². The summed E-state index contributed by atoms with van der Waals surface area (Å²) in [5.74, 6) is 0.669. The molecule has 4 heterocycles. The molecule has 0 aliphatic carbocycles. The van der Waals surface area contributed by atoms with Crippen molar-refractivity contribution in [1.82, 2.24) is 25.0 Å². The molecule has 1 N–H and O–H groups in total. The highest BCUT2D eigenvalue weighted by Crippen LogP contribution is 2.49. The molecule has 1 spiro atoms. The molecule has 2 atom stereocenters. The molecule has 1 aromatic heterocycles. The number of fused-ring (bicyclic) bond motifs is 2. The zero-order chi connectivity index (χ0) is 22.8. The molecular formula is C26H33N5O2. The van der Waals surface area contributed by atoms with E-state index in [-0.39, 0.29) is 23.4 Å². The summed E-state index contributed by atoms with van der Waals surface area (Å²) in [5, 5.41) is 3.07. The van der Waals surface area contributed by atoms with Gasteiger partial charge in [0, 0.05) is 64.6 Å². The van der Waals surface area contributed by atoms with Crippen LogP contribution in [0.3, 0.4) is 0 Å². The van der Waals surface area contributed by atoms with Crippen molar-refractivity contribution in [2.24, 2.45) is 11.8 Å². The van der Waals surface area contributed by atoms with Crippen LogP contribution in [0.15, 0.2) is 54.9 Å². The monoisotopic (exact) mass is 447 g/mol. The highest BCUT2D eigenvalue weighted by molar-refractivity contribution is 5.84. The first-order valence-electron chi connectivity index (χ1n) is 12.0. The van der Waals surface area contributed by atoms with Crippen LogP contribution >= 0.6 is 0 Å². The lowest BCUT2D eigenvalue weighted by atomic mass is 9.75. The smallest absolute Gasteiger partial charge is 0.317 e. The minimum absolute atomic E-state index is 0.00827. The van der Waals surface area contributed by atoms with Gasteiger partial charge in [0.2, 0.25) is 5.91 Å². The van der Waals surface area contributed by atoms with Crippen molar-refractivity contribution in [2.45, 2.75) is 31.3 Å². The van der Waals surface area contributed by atoms with Gasteiger partial charge in [0.05, 0.1) is 11.5 Å². The van der Waals surface area contributed by atoms with Crippen LogP contribution in [0.2, 0.25) is 0 Å². The van der Waals surface area contributed by atoms with Crippen LogP contribution < -0.4 is 5.32 Å². The zero-order valence-electron chi connectivity index (χ0n) is 19.3. The molecule has 1 aromatic carbocycles. The first-order chi connectivity index (χ1) is 16.1. The number of rotatable bonds is 5. The Balaban J connectivity index is 1.17. The fourth-order valence-electron chi connectivity index (χ4n) is 6.15. The van der Waals surface area contributed by atoms with Crippen molar-refractivity contribution in [3.8, 4) is 0 Å². The molecule has 3 aliphatic rings. The number of benzene rings is 1. The van der Waals surface area contributed by atoms with Crippen LogP contribution in [0.25, 0.3) is 0 Å². The van der Waals surface area contributed by atoms with E-state index in [0.29, 0.717) is 25.6 Å². The number of nitrogens with zero attached hydrogens (tertiary/aromatic N) is 4. The zero-order valence-corrected chi connectivity index (χ0v) is 19.3. The summed E-state index contributed by atoms with van der Waals surface area (Å²) in [4.78, 5) is 36.5. The fourth-order valence-corrected chi connectivity index (χ4v) is 6.15. The molecule has 5 rings (SSSR count). The number of hydrogen-bond acceptors (Lipinski definition) is 4. The number of piperidine rings is 1. The topological polar surface area (TPSA) is 68.8 Å². The van der Waals surface area contributed by atoms with E-state index < -0.39 is 0 Å². The van der Waals surface area contributed by atoms with Crippen LogP contribution in [0.1, 0.15) is 24.0 Å². The molecule has 0 unspecified atom stereocenters. The summed E-state index contributed by atoms with van der Waals surface area (Å²) < 4.78 is 0. The highest BCUT2D eigenvalue weighted by Gasteiger charge is 2.60. The molecule has 7 heteroatoms.